The van der Waals surface area contributed by atoms with Crippen molar-refractivity contribution in [2.75, 3.05) is 0 Å². The molecule has 12 aromatic rings. The zero-order valence-electron chi connectivity index (χ0n) is 31.4. The average Bonchev–Trinajstić information content (AvgIpc) is 3.81. The third kappa shape index (κ3) is 4.95. The van der Waals surface area contributed by atoms with Crippen molar-refractivity contribution in [1.82, 2.24) is 19.1 Å². The van der Waals surface area contributed by atoms with Gasteiger partial charge in [-0.3, -0.25) is 0 Å². The molecule has 0 bridgehead atoms. The summed E-state index contributed by atoms with van der Waals surface area (Å²) in [5.41, 5.74) is 13.0. The summed E-state index contributed by atoms with van der Waals surface area (Å²) >= 11 is 0. The van der Waals surface area contributed by atoms with Crippen molar-refractivity contribution < 1.29 is 0 Å². The minimum Gasteiger partial charge on any atom is -0.309 e. The van der Waals surface area contributed by atoms with Gasteiger partial charge in [-0.05, 0) is 76.5 Å². The van der Waals surface area contributed by atoms with Gasteiger partial charge in [-0.2, -0.15) is 0 Å². The number of fused-ring (bicyclic) bond motifs is 9. The number of hydrogen-bond donors (Lipinski definition) is 0. The van der Waals surface area contributed by atoms with Crippen LogP contribution in [0.3, 0.4) is 0 Å². The standard InChI is InChI=1S/C54H34N4/c1-3-16-36(17-4-1)53-52-40-20-8-7-15-35(40)29-32-46(52)55-54(56-53)45-23-11-14-26-49(45)58-48-25-13-10-22-42(48)44-31-28-38(34-51(44)58)37-27-30-43-41-21-9-12-24-47(41)57(50(43)33-37)39-18-5-2-6-19-39/h1-34H. The van der Waals surface area contributed by atoms with Gasteiger partial charge in [0.2, 0.25) is 0 Å². The van der Waals surface area contributed by atoms with Crippen molar-refractivity contribution in [1.29, 1.82) is 0 Å². The molecule has 0 atom stereocenters. The van der Waals surface area contributed by atoms with Crippen molar-refractivity contribution in [3.8, 4) is 45.1 Å². The van der Waals surface area contributed by atoms with E-state index >= 15 is 0 Å². The van der Waals surface area contributed by atoms with Crippen molar-refractivity contribution in [2.45, 2.75) is 0 Å². The van der Waals surface area contributed by atoms with E-state index in [0.717, 1.165) is 66.6 Å². The maximum Gasteiger partial charge on any atom is 0.162 e. The third-order valence-corrected chi connectivity index (χ3v) is 11.7. The first kappa shape index (κ1) is 32.4. The smallest absolute Gasteiger partial charge is 0.162 e. The molecule has 4 nitrogen and oxygen atoms in total. The van der Waals surface area contributed by atoms with Crippen molar-refractivity contribution in [3.05, 3.63) is 206 Å². The van der Waals surface area contributed by atoms with Gasteiger partial charge in [-0.25, -0.2) is 9.97 Å². The van der Waals surface area contributed by atoms with Gasteiger partial charge in [0.15, 0.2) is 5.82 Å². The molecule has 9 aromatic carbocycles. The average molecular weight is 739 g/mol. The second kappa shape index (κ2) is 12.9. The van der Waals surface area contributed by atoms with Crippen molar-refractivity contribution in [2.24, 2.45) is 0 Å². The summed E-state index contributed by atoms with van der Waals surface area (Å²) in [4.78, 5) is 10.8. The molecule has 0 saturated carbocycles. The van der Waals surface area contributed by atoms with Crippen LogP contribution < -0.4 is 0 Å². The first-order valence-electron chi connectivity index (χ1n) is 19.8. The molecule has 0 N–H and O–H groups in total. The number of rotatable bonds is 5. The van der Waals surface area contributed by atoms with Gasteiger partial charge in [0.05, 0.1) is 39.0 Å². The molecule has 58 heavy (non-hydrogen) atoms. The first-order chi connectivity index (χ1) is 28.8. The molecule has 3 heterocycles. The first-order valence-corrected chi connectivity index (χ1v) is 19.8. The fraction of sp³-hybridized carbons (Fsp3) is 0. The summed E-state index contributed by atoms with van der Waals surface area (Å²) in [6.07, 6.45) is 0. The quantitative estimate of drug-likeness (QED) is 0.165. The largest absolute Gasteiger partial charge is 0.309 e. The van der Waals surface area contributed by atoms with Gasteiger partial charge >= 0.3 is 0 Å². The Balaban J connectivity index is 1.09. The highest BCUT2D eigenvalue weighted by molar-refractivity contribution is 6.14. The van der Waals surface area contributed by atoms with Crippen LogP contribution in [0.4, 0.5) is 0 Å². The van der Waals surface area contributed by atoms with E-state index in [1.54, 1.807) is 0 Å². The van der Waals surface area contributed by atoms with Crippen LogP contribution in [0.25, 0.3) is 110 Å². The van der Waals surface area contributed by atoms with E-state index in [0.29, 0.717) is 5.82 Å². The minimum absolute atomic E-state index is 0.693. The molecule has 12 rings (SSSR count). The van der Waals surface area contributed by atoms with E-state index in [9.17, 15) is 0 Å². The van der Waals surface area contributed by atoms with Crippen LogP contribution in [-0.2, 0) is 0 Å². The summed E-state index contributed by atoms with van der Waals surface area (Å²) < 4.78 is 4.79. The van der Waals surface area contributed by atoms with Crippen LogP contribution in [-0.4, -0.2) is 19.1 Å². The van der Waals surface area contributed by atoms with Crippen LogP contribution in [0.1, 0.15) is 0 Å². The highest BCUT2D eigenvalue weighted by Crippen LogP contribution is 2.41. The van der Waals surface area contributed by atoms with Gasteiger partial charge in [0.1, 0.15) is 0 Å². The Labute approximate surface area is 334 Å². The predicted octanol–water partition coefficient (Wildman–Crippen LogP) is 14.0. The maximum absolute atomic E-state index is 5.44. The Hall–Kier alpha value is -7.82. The monoisotopic (exact) mass is 738 g/mol. The topological polar surface area (TPSA) is 35.6 Å². The molecule has 0 aliphatic carbocycles. The lowest BCUT2D eigenvalue weighted by Gasteiger charge is -2.16. The van der Waals surface area contributed by atoms with Crippen molar-refractivity contribution in [3.63, 3.8) is 0 Å². The van der Waals surface area contributed by atoms with E-state index in [4.69, 9.17) is 9.97 Å². The lowest BCUT2D eigenvalue weighted by molar-refractivity contribution is 1.15. The lowest BCUT2D eigenvalue weighted by Crippen LogP contribution is -2.01. The van der Waals surface area contributed by atoms with Gasteiger partial charge in [0, 0.05) is 43.7 Å². The molecule has 0 amide bonds. The molecule has 270 valence electrons. The van der Waals surface area contributed by atoms with Crippen LogP contribution in [0.2, 0.25) is 0 Å². The zero-order chi connectivity index (χ0) is 38.2. The van der Waals surface area contributed by atoms with E-state index in [-0.39, 0.29) is 0 Å². The molecular weight excluding hydrogens is 705 g/mol. The Kier molecular flexibility index (Phi) is 7.20. The number of hydrogen-bond acceptors (Lipinski definition) is 2. The van der Waals surface area contributed by atoms with Gasteiger partial charge in [0.25, 0.3) is 0 Å². The molecular formula is C54H34N4. The summed E-state index contributed by atoms with van der Waals surface area (Å²) in [5, 5.41) is 8.28. The Morgan fingerprint density at radius 2 is 0.897 bits per heavy atom. The Morgan fingerprint density at radius 3 is 1.62 bits per heavy atom. The zero-order valence-corrected chi connectivity index (χ0v) is 31.4. The number of para-hydroxylation sites is 4. The number of benzene rings is 9. The summed E-state index contributed by atoms with van der Waals surface area (Å²) in [6, 6.07) is 73.8. The molecule has 0 unspecified atom stereocenters. The number of aromatic nitrogens is 4. The maximum atomic E-state index is 5.44. The second-order valence-corrected chi connectivity index (χ2v) is 15.0. The molecule has 0 aliphatic heterocycles. The fourth-order valence-corrected chi connectivity index (χ4v) is 9.10. The van der Waals surface area contributed by atoms with Gasteiger partial charge in [-0.1, -0.05) is 152 Å². The normalized spacial score (nSPS) is 11.8. The SMILES string of the molecule is c1ccc(-c2nc(-c3ccccc3-n3c4ccccc4c4ccc(-c5ccc6c7ccccc7n(-c7ccccc7)c6c5)cc43)nc3ccc4ccccc4c23)cc1. The summed E-state index contributed by atoms with van der Waals surface area (Å²) in [7, 11) is 0. The second-order valence-electron chi connectivity index (χ2n) is 15.0. The summed E-state index contributed by atoms with van der Waals surface area (Å²) in [6.45, 7) is 0. The molecule has 0 saturated heterocycles. The molecule has 3 aromatic heterocycles. The Morgan fingerprint density at radius 1 is 0.345 bits per heavy atom. The summed E-state index contributed by atoms with van der Waals surface area (Å²) in [5.74, 6) is 0.693. The Bertz CT molecular complexity index is 3560. The van der Waals surface area contributed by atoms with E-state index in [1.165, 1.54) is 38.0 Å². The highest BCUT2D eigenvalue weighted by Gasteiger charge is 2.21. The molecule has 0 aliphatic rings. The highest BCUT2D eigenvalue weighted by atomic mass is 15.0. The minimum atomic E-state index is 0.693. The van der Waals surface area contributed by atoms with Crippen LogP contribution in [0.15, 0.2) is 206 Å². The van der Waals surface area contributed by atoms with E-state index in [1.807, 2.05) is 0 Å². The predicted molar refractivity (Wildman–Crippen MR) is 242 cm³/mol. The van der Waals surface area contributed by atoms with Gasteiger partial charge in [-0.15, -0.1) is 0 Å². The van der Waals surface area contributed by atoms with Crippen LogP contribution in [0, 0.1) is 0 Å². The van der Waals surface area contributed by atoms with Crippen molar-refractivity contribution >= 4 is 65.3 Å². The molecule has 0 fully saturated rings. The fourth-order valence-electron chi connectivity index (χ4n) is 9.10. The molecule has 4 heteroatoms. The van der Waals surface area contributed by atoms with E-state index < -0.39 is 0 Å². The molecule has 0 radical (unpaired) electrons. The van der Waals surface area contributed by atoms with Gasteiger partial charge < -0.3 is 9.13 Å². The third-order valence-electron chi connectivity index (χ3n) is 11.7. The van der Waals surface area contributed by atoms with Crippen LogP contribution >= 0.6 is 0 Å². The lowest BCUT2D eigenvalue weighted by atomic mass is 9.99. The number of nitrogens with zero attached hydrogens (tertiary/aromatic N) is 4. The van der Waals surface area contributed by atoms with E-state index in [2.05, 4.69) is 215 Å². The molecule has 0 spiro atoms. The van der Waals surface area contributed by atoms with Crippen LogP contribution in [0.5, 0.6) is 0 Å².